The minimum Gasteiger partial charge on any atom is -0.354 e. The lowest BCUT2D eigenvalue weighted by molar-refractivity contribution is 0.0746. The standard InChI is InChI=1S/C23H23N3O2/c1-3-26(16-18-7-5-4-6-8-18)23(28)22-14-13-21(15-24-22)25-20-11-9-19(10-12-20)17(2)27/h4-15,25H,3,16H2,1-2H3. The van der Waals surface area contributed by atoms with E-state index in [1.807, 2.05) is 55.5 Å². The van der Waals surface area contributed by atoms with E-state index in [1.54, 1.807) is 36.2 Å². The molecular weight excluding hydrogens is 350 g/mol. The van der Waals surface area contributed by atoms with Crippen LogP contribution in [-0.2, 0) is 6.54 Å². The molecule has 0 unspecified atom stereocenters. The van der Waals surface area contributed by atoms with E-state index in [9.17, 15) is 9.59 Å². The van der Waals surface area contributed by atoms with Crippen LogP contribution >= 0.6 is 0 Å². The van der Waals surface area contributed by atoms with Crippen LogP contribution in [0.1, 0.15) is 40.3 Å². The smallest absolute Gasteiger partial charge is 0.272 e. The number of nitrogens with zero attached hydrogens (tertiary/aromatic N) is 2. The van der Waals surface area contributed by atoms with Crippen LogP contribution in [0.3, 0.4) is 0 Å². The van der Waals surface area contributed by atoms with Gasteiger partial charge in [-0.15, -0.1) is 0 Å². The molecule has 0 spiro atoms. The summed E-state index contributed by atoms with van der Waals surface area (Å²) in [6.45, 7) is 4.67. The highest BCUT2D eigenvalue weighted by molar-refractivity contribution is 5.94. The third-order valence-corrected chi connectivity index (χ3v) is 4.45. The number of pyridine rings is 1. The zero-order valence-corrected chi connectivity index (χ0v) is 16.1. The second-order valence-corrected chi connectivity index (χ2v) is 6.50. The number of hydrogen-bond acceptors (Lipinski definition) is 4. The average Bonchev–Trinajstić information content (AvgIpc) is 2.73. The quantitative estimate of drug-likeness (QED) is 0.610. The molecule has 1 amide bonds. The number of aromatic nitrogens is 1. The zero-order chi connectivity index (χ0) is 19.9. The van der Waals surface area contributed by atoms with E-state index >= 15 is 0 Å². The van der Waals surface area contributed by atoms with E-state index in [-0.39, 0.29) is 11.7 Å². The number of carbonyl (C=O) groups excluding carboxylic acids is 2. The van der Waals surface area contributed by atoms with Crippen molar-refractivity contribution in [3.8, 4) is 0 Å². The van der Waals surface area contributed by atoms with Gasteiger partial charge in [0.1, 0.15) is 5.69 Å². The lowest BCUT2D eigenvalue weighted by Gasteiger charge is -2.20. The van der Waals surface area contributed by atoms with Crippen molar-refractivity contribution in [2.45, 2.75) is 20.4 Å². The van der Waals surface area contributed by atoms with Crippen molar-refractivity contribution >= 4 is 23.1 Å². The number of benzene rings is 2. The molecule has 0 aliphatic carbocycles. The summed E-state index contributed by atoms with van der Waals surface area (Å²) in [5.74, 6) is -0.0595. The predicted octanol–water partition coefficient (Wildman–Crippen LogP) is 4.69. The third kappa shape index (κ3) is 4.82. The lowest BCUT2D eigenvalue weighted by atomic mass is 10.1. The maximum absolute atomic E-state index is 12.8. The first kappa shape index (κ1) is 19.3. The lowest BCUT2D eigenvalue weighted by Crippen LogP contribution is -2.30. The van der Waals surface area contributed by atoms with E-state index in [0.29, 0.717) is 24.3 Å². The molecule has 5 nitrogen and oxygen atoms in total. The Morgan fingerprint density at radius 2 is 1.61 bits per heavy atom. The van der Waals surface area contributed by atoms with Crippen LogP contribution in [0, 0.1) is 0 Å². The molecule has 0 bridgehead atoms. The summed E-state index contributed by atoms with van der Waals surface area (Å²) in [6.07, 6.45) is 1.64. The largest absolute Gasteiger partial charge is 0.354 e. The van der Waals surface area contributed by atoms with Crippen molar-refractivity contribution in [3.05, 3.63) is 89.7 Å². The van der Waals surface area contributed by atoms with Gasteiger partial charge in [-0.1, -0.05) is 30.3 Å². The summed E-state index contributed by atoms with van der Waals surface area (Å²) in [6, 6.07) is 20.7. The van der Waals surface area contributed by atoms with Gasteiger partial charge in [-0.25, -0.2) is 4.98 Å². The van der Waals surface area contributed by atoms with Gasteiger partial charge in [-0.05, 0) is 55.8 Å². The number of nitrogens with one attached hydrogen (secondary N) is 1. The summed E-state index contributed by atoms with van der Waals surface area (Å²) < 4.78 is 0. The molecule has 0 aliphatic rings. The van der Waals surface area contributed by atoms with Crippen LogP contribution < -0.4 is 5.32 Å². The highest BCUT2D eigenvalue weighted by atomic mass is 16.2. The molecule has 1 heterocycles. The van der Waals surface area contributed by atoms with Crippen molar-refractivity contribution < 1.29 is 9.59 Å². The van der Waals surface area contributed by atoms with Gasteiger partial charge in [0.15, 0.2) is 5.78 Å². The first-order valence-corrected chi connectivity index (χ1v) is 9.24. The topological polar surface area (TPSA) is 62.3 Å². The van der Waals surface area contributed by atoms with Gasteiger partial charge >= 0.3 is 0 Å². The fraction of sp³-hybridized carbons (Fsp3) is 0.174. The molecule has 3 aromatic rings. The van der Waals surface area contributed by atoms with E-state index in [2.05, 4.69) is 10.3 Å². The third-order valence-electron chi connectivity index (χ3n) is 4.45. The molecule has 5 heteroatoms. The molecule has 0 radical (unpaired) electrons. The molecule has 2 aromatic carbocycles. The highest BCUT2D eigenvalue weighted by Crippen LogP contribution is 2.17. The normalized spacial score (nSPS) is 10.4. The van der Waals surface area contributed by atoms with Crippen LogP contribution in [0.15, 0.2) is 72.9 Å². The zero-order valence-electron chi connectivity index (χ0n) is 16.1. The number of ketones is 1. The minimum atomic E-state index is -0.0938. The van der Waals surface area contributed by atoms with Crippen molar-refractivity contribution in [1.29, 1.82) is 0 Å². The molecule has 0 saturated heterocycles. The van der Waals surface area contributed by atoms with Crippen LogP contribution in [0.4, 0.5) is 11.4 Å². The molecule has 3 rings (SSSR count). The van der Waals surface area contributed by atoms with Gasteiger partial charge in [-0.2, -0.15) is 0 Å². The second-order valence-electron chi connectivity index (χ2n) is 6.50. The van der Waals surface area contributed by atoms with E-state index in [0.717, 1.165) is 16.9 Å². The van der Waals surface area contributed by atoms with Gasteiger partial charge in [0, 0.05) is 24.3 Å². The number of carbonyl (C=O) groups is 2. The highest BCUT2D eigenvalue weighted by Gasteiger charge is 2.15. The minimum absolute atomic E-state index is 0.0343. The van der Waals surface area contributed by atoms with E-state index in [1.165, 1.54) is 0 Å². The van der Waals surface area contributed by atoms with Crippen LogP contribution in [0.25, 0.3) is 0 Å². The number of amides is 1. The van der Waals surface area contributed by atoms with Crippen LogP contribution in [-0.4, -0.2) is 28.1 Å². The molecule has 0 aliphatic heterocycles. The van der Waals surface area contributed by atoms with Crippen LogP contribution in [0.5, 0.6) is 0 Å². The molecule has 1 N–H and O–H groups in total. The summed E-state index contributed by atoms with van der Waals surface area (Å²) in [5.41, 5.74) is 3.80. The Balaban J connectivity index is 1.67. The molecule has 0 saturated carbocycles. The number of rotatable bonds is 7. The summed E-state index contributed by atoms with van der Waals surface area (Å²) in [4.78, 5) is 30.2. The predicted molar refractivity (Wildman–Crippen MR) is 111 cm³/mol. The number of anilines is 2. The molecular formula is C23H23N3O2. The molecule has 1 aromatic heterocycles. The maximum Gasteiger partial charge on any atom is 0.272 e. The summed E-state index contributed by atoms with van der Waals surface area (Å²) >= 11 is 0. The Morgan fingerprint density at radius 1 is 0.929 bits per heavy atom. The Labute approximate surface area is 165 Å². The van der Waals surface area contributed by atoms with Gasteiger partial charge in [0.05, 0.1) is 11.9 Å². The molecule has 0 atom stereocenters. The van der Waals surface area contributed by atoms with E-state index in [4.69, 9.17) is 0 Å². The number of hydrogen-bond donors (Lipinski definition) is 1. The SMILES string of the molecule is CCN(Cc1ccccc1)C(=O)c1ccc(Nc2ccc(C(C)=O)cc2)cn1. The summed E-state index contributed by atoms with van der Waals surface area (Å²) in [5, 5.41) is 3.22. The molecule has 0 fully saturated rings. The first-order chi connectivity index (χ1) is 13.6. The van der Waals surface area contributed by atoms with Crippen molar-refractivity contribution in [2.75, 3.05) is 11.9 Å². The first-order valence-electron chi connectivity index (χ1n) is 9.24. The average molecular weight is 373 g/mol. The Bertz CT molecular complexity index is 936. The monoisotopic (exact) mass is 373 g/mol. The molecule has 28 heavy (non-hydrogen) atoms. The fourth-order valence-corrected chi connectivity index (χ4v) is 2.84. The number of Topliss-reactive ketones (excluding diaryl/α,β-unsaturated/α-hetero) is 1. The van der Waals surface area contributed by atoms with Gasteiger partial charge in [-0.3, -0.25) is 9.59 Å². The van der Waals surface area contributed by atoms with Crippen molar-refractivity contribution in [3.63, 3.8) is 0 Å². The van der Waals surface area contributed by atoms with Gasteiger partial charge in [0.25, 0.3) is 5.91 Å². The van der Waals surface area contributed by atoms with Gasteiger partial charge < -0.3 is 10.2 Å². The summed E-state index contributed by atoms with van der Waals surface area (Å²) in [7, 11) is 0. The fourth-order valence-electron chi connectivity index (χ4n) is 2.84. The Hall–Kier alpha value is -3.47. The van der Waals surface area contributed by atoms with Crippen LogP contribution in [0.2, 0.25) is 0 Å². The second kappa shape index (κ2) is 8.95. The van der Waals surface area contributed by atoms with E-state index < -0.39 is 0 Å². The Morgan fingerprint density at radius 3 is 2.18 bits per heavy atom. The molecule has 142 valence electrons. The van der Waals surface area contributed by atoms with Gasteiger partial charge in [0.2, 0.25) is 0 Å². The Kier molecular flexibility index (Phi) is 6.17. The van der Waals surface area contributed by atoms with Crippen molar-refractivity contribution in [2.24, 2.45) is 0 Å². The maximum atomic E-state index is 12.8. The van der Waals surface area contributed by atoms with Crippen molar-refractivity contribution in [1.82, 2.24) is 9.88 Å².